The molecule has 1 fully saturated rings. The fraction of sp³-hybridized carbons (Fsp3) is 0.579. The average Bonchev–Trinajstić information content (AvgIpc) is 2.95. The molecule has 1 aromatic rings. The van der Waals surface area contributed by atoms with Crippen molar-refractivity contribution in [2.24, 2.45) is 5.92 Å². The van der Waals surface area contributed by atoms with Gasteiger partial charge in [-0.15, -0.1) is 0 Å². The zero-order valence-electron chi connectivity index (χ0n) is 15.5. The number of rotatable bonds is 4. The van der Waals surface area contributed by atoms with E-state index < -0.39 is 5.60 Å². The number of likely N-dealkylation sites (tertiary alicyclic amines) is 1. The number of aryl methyl sites for hydroxylation is 1. The van der Waals surface area contributed by atoms with Gasteiger partial charge in [0, 0.05) is 25.7 Å². The van der Waals surface area contributed by atoms with Crippen LogP contribution in [0, 0.1) is 12.8 Å². The SMILES string of the molecule is Cc1ccc(C=CC(=O)N2CCC(CNC(=O)OC(C)(C)C)CC2)o1. The number of amides is 2. The van der Waals surface area contributed by atoms with Crippen LogP contribution in [0.2, 0.25) is 0 Å². The first kappa shape index (κ1) is 19.1. The van der Waals surface area contributed by atoms with E-state index in [-0.39, 0.29) is 12.0 Å². The molecule has 0 spiro atoms. The molecule has 2 rings (SSSR count). The third kappa shape index (κ3) is 6.64. The van der Waals surface area contributed by atoms with Crippen molar-refractivity contribution in [3.05, 3.63) is 29.7 Å². The number of furan rings is 1. The molecule has 0 radical (unpaired) electrons. The Labute approximate surface area is 149 Å². The molecule has 0 bridgehead atoms. The van der Waals surface area contributed by atoms with Crippen LogP contribution in [0.1, 0.15) is 45.1 Å². The lowest BCUT2D eigenvalue weighted by Gasteiger charge is -2.31. The number of piperidine rings is 1. The maximum absolute atomic E-state index is 12.2. The molecule has 6 heteroatoms. The molecule has 1 aliphatic heterocycles. The zero-order valence-corrected chi connectivity index (χ0v) is 15.5. The Morgan fingerprint density at radius 1 is 1.32 bits per heavy atom. The second-order valence-corrected chi connectivity index (χ2v) is 7.43. The molecule has 1 aliphatic rings. The number of nitrogens with zero attached hydrogens (tertiary/aromatic N) is 1. The third-order valence-corrected chi connectivity index (χ3v) is 4.01. The molecule has 2 heterocycles. The Balaban J connectivity index is 1.71. The Morgan fingerprint density at radius 2 is 2.00 bits per heavy atom. The number of carbonyl (C=O) groups excluding carboxylic acids is 2. The molecular weight excluding hydrogens is 320 g/mol. The van der Waals surface area contributed by atoms with Crippen LogP contribution < -0.4 is 5.32 Å². The number of carbonyl (C=O) groups is 2. The van der Waals surface area contributed by atoms with Gasteiger partial charge in [0.2, 0.25) is 5.91 Å². The van der Waals surface area contributed by atoms with Gasteiger partial charge in [0.15, 0.2) is 0 Å². The highest BCUT2D eigenvalue weighted by molar-refractivity contribution is 5.91. The molecule has 0 saturated carbocycles. The van der Waals surface area contributed by atoms with Crippen molar-refractivity contribution in [3.8, 4) is 0 Å². The summed E-state index contributed by atoms with van der Waals surface area (Å²) in [5.41, 5.74) is -0.487. The number of hydrogen-bond donors (Lipinski definition) is 1. The number of hydrogen-bond acceptors (Lipinski definition) is 4. The van der Waals surface area contributed by atoms with Crippen molar-refractivity contribution in [1.82, 2.24) is 10.2 Å². The van der Waals surface area contributed by atoms with E-state index >= 15 is 0 Å². The van der Waals surface area contributed by atoms with Crippen molar-refractivity contribution >= 4 is 18.1 Å². The normalized spacial score (nSPS) is 16.2. The summed E-state index contributed by atoms with van der Waals surface area (Å²) in [6, 6.07) is 3.71. The van der Waals surface area contributed by atoms with Gasteiger partial charge in [0.1, 0.15) is 17.1 Å². The second kappa shape index (κ2) is 8.23. The van der Waals surface area contributed by atoms with Gasteiger partial charge >= 0.3 is 6.09 Å². The number of alkyl carbamates (subject to hydrolysis) is 1. The van der Waals surface area contributed by atoms with Gasteiger partial charge in [-0.05, 0) is 64.7 Å². The maximum atomic E-state index is 12.2. The molecule has 6 nitrogen and oxygen atoms in total. The van der Waals surface area contributed by atoms with Crippen molar-refractivity contribution in [3.63, 3.8) is 0 Å². The summed E-state index contributed by atoms with van der Waals surface area (Å²) in [6.45, 7) is 9.37. The van der Waals surface area contributed by atoms with Crippen LogP contribution in [0.4, 0.5) is 4.79 Å². The number of nitrogens with one attached hydrogen (secondary N) is 1. The Morgan fingerprint density at radius 3 is 2.56 bits per heavy atom. The predicted molar refractivity (Wildman–Crippen MR) is 96.0 cm³/mol. The molecule has 0 aromatic carbocycles. The summed E-state index contributed by atoms with van der Waals surface area (Å²) in [6.07, 6.45) is 4.61. The maximum Gasteiger partial charge on any atom is 0.407 e. The molecular formula is C19H28N2O4. The smallest absolute Gasteiger partial charge is 0.407 e. The highest BCUT2D eigenvalue weighted by atomic mass is 16.6. The van der Waals surface area contributed by atoms with E-state index in [1.165, 1.54) is 0 Å². The van der Waals surface area contributed by atoms with Crippen LogP contribution in [0.25, 0.3) is 6.08 Å². The van der Waals surface area contributed by atoms with Crippen molar-refractivity contribution in [1.29, 1.82) is 0 Å². The summed E-state index contributed by atoms with van der Waals surface area (Å²) in [5, 5.41) is 2.81. The standard InChI is InChI=1S/C19H28N2O4/c1-14-5-6-16(24-14)7-8-17(22)21-11-9-15(10-12-21)13-20-18(23)25-19(2,3)4/h5-8,15H,9-13H2,1-4H3,(H,20,23). The monoisotopic (exact) mass is 348 g/mol. The molecule has 0 atom stereocenters. The lowest BCUT2D eigenvalue weighted by molar-refractivity contribution is -0.127. The fourth-order valence-corrected chi connectivity index (χ4v) is 2.70. The van der Waals surface area contributed by atoms with Crippen molar-refractivity contribution in [2.45, 2.75) is 46.1 Å². The highest BCUT2D eigenvalue weighted by Gasteiger charge is 2.23. The molecule has 1 aromatic heterocycles. The zero-order chi connectivity index (χ0) is 18.4. The summed E-state index contributed by atoms with van der Waals surface area (Å²) < 4.78 is 10.6. The highest BCUT2D eigenvalue weighted by Crippen LogP contribution is 2.17. The fourth-order valence-electron chi connectivity index (χ4n) is 2.70. The van der Waals surface area contributed by atoms with Crippen LogP contribution in [0.3, 0.4) is 0 Å². The first-order valence-corrected chi connectivity index (χ1v) is 8.73. The van der Waals surface area contributed by atoms with E-state index in [9.17, 15) is 9.59 Å². The second-order valence-electron chi connectivity index (χ2n) is 7.43. The molecule has 1 N–H and O–H groups in total. The largest absolute Gasteiger partial charge is 0.462 e. The minimum Gasteiger partial charge on any atom is -0.462 e. The van der Waals surface area contributed by atoms with Gasteiger partial charge in [-0.25, -0.2) is 4.79 Å². The van der Waals surface area contributed by atoms with Gasteiger partial charge in [-0.1, -0.05) is 0 Å². The first-order chi connectivity index (χ1) is 11.7. The Hall–Kier alpha value is -2.24. The molecule has 25 heavy (non-hydrogen) atoms. The van der Waals surface area contributed by atoms with Crippen LogP contribution >= 0.6 is 0 Å². The Bertz CT molecular complexity index is 620. The van der Waals surface area contributed by atoms with Gasteiger partial charge in [-0.2, -0.15) is 0 Å². The summed E-state index contributed by atoms with van der Waals surface area (Å²) in [7, 11) is 0. The van der Waals surface area contributed by atoms with E-state index in [2.05, 4.69) is 5.32 Å². The van der Waals surface area contributed by atoms with Gasteiger partial charge < -0.3 is 19.4 Å². The molecule has 0 aliphatic carbocycles. The molecule has 0 unspecified atom stereocenters. The lowest BCUT2D eigenvalue weighted by Crippen LogP contribution is -2.41. The molecule has 2 amide bonds. The van der Waals surface area contributed by atoms with E-state index in [4.69, 9.17) is 9.15 Å². The predicted octanol–water partition coefficient (Wildman–Crippen LogP) is 3.36. The summed E-state index contributed by atoms with van der Waals surface area (Å²) >= 11 is 0. The van der Waals surface area contributed by atoms with Crippen LogP contribution in [0.15, 0.2) is 22.6 Å². The van der Waals surface area contributed by atoms with E-state index in [0.717, 1.165) is 18.6 Å². The Kier molecular flexibility index (Phi) is 6.28. The topological polar surface area (TPSA) is 71.8 Å². The van der Waals surface area contributed by atoms with Crippen LogP contribution in [-0.4, -0.2) is 42.1 Å². The van der Waals surface area contributed by atoms with E-state index in [0.29, 0.717) is 31.3 Å². The third-order valence-electron chi connectivity index (χ3n) is 4.01. The van der Waals surface area contributed by atoms with Gasteiger partial charge in [0.25, 0.3) is 0 Å². The minimum absolute atomic E-state index is 0.00685. The quantitative estimate of drug-likeness (QED) is 0.847. The average molecular weight is 348 g/mol. The van der Waals surface area contributed by atoms with E-state index in [1.807, 2.05) is 44.7 Å². The summed E-state index contributed by atoms with van der Waals surface area (Å²) in [5.74, 6) is 1.87. The van der Waals surface area contributed by atoms with Crippen molar-refractivity contribution in [2.75, 3.05) is 19.6 Å². The van der Waals surface area contributed by atoms with Crippen LogP contribution in [-0.2, 0) is 9.53 Å². The minimum atomic E-state index is -0.487. The van der Waals surface area contributed by atoms with Gasteiger partial charge in [-0.3, -0.25) is 4.79 Å². The summed E-state index contributed by atoms with van der Waals surface area (Å²) in [4.78, 5) is 25.7. The first-order valence-electron chi connectivity index (χ1n) is 8.73. The molecule has 1 saturated heterocycles. The number of ether oxygens (including phenoxy) is 1. The molecule has 138 valence electrons. The van der Waals surface area contributed by atoms with E-state index in [1.54, 1.807) is 12.2 Å². The van der Waals surface area contributed by atoms with Crippen molar-refractivity contribution < 1.29 is 18.7 Å². The van der Waals surface area contributed by atoms with Crippen LogP contribution in [0.5, 0.6) is 0 Å². The van der Waals surface area contributed by atoms with Gasteiger partial charge in [0.05, 0.1) is 0 Å². The lowest BCUT2D eigenvalue weighted by atomic mass is 9.97.